The van der Waals surface area contributed by atoms with Crippen LogP contribution in [0.2, 0.25) is 0 Å². The number of H-pyrrole nitrogens is 2. The van der Waals surface area contributed by atoms with Crippen LogP contribution >= 0.6 is 0 Å². The van der Waals surface area contributed by atoms with E-state index in [4.69, 9.17) is 4.74 Å². The number of fused-ring (bicyclic) bond motifs is 2. The molecule has 0 spiro atoms. The molecule has 0 fully saturated rings. The fourth-order valence-corrected chi connectivity index (χ4v) is 4.96. The quantitative estimate of drug-likeness (QED) is 0.207. The summed E-state index contributed by atoms with van der Waals surface area (Å²) < 4.78 is 20.5. The monoisotopic (exact) mass is 593 g/mol. The van der Waals surface area contributed by atoms with Gasteiger partial charge in [-0.3, -0.25) is 19.9 Å². The number of carbonyl (C=O) groups is 1. The van der Waals surface area contributed by atoms with Gasteiger partial charge in [0.1, 0.15) is 23.9 Å². The number of rotatable bonds is 10. The Bertz CT molecular complexity index is 1960. The molecule has 5 heterocycles. The van der Waals surface area contributed by atoms with Gasteiger partial charge in [-0.2, -0.15) is 5.10 Å². The Hall–Kier alpha value is -5.20. The molecule has 0 atom stereocenters. The van der Waals surface area contributed by atoms with Crippen molar-refractivity contribution in [1.29, 1.82) is 0 Å². The van der Waals surface area contributed by atoms with E-state index in [9.17, 15) is 9.18 Å². The van der Waals surface area contributed by atoms with Crippen molar-refractivity contribution in [2.24, 2.45) is 0 Å². The molecule has 224 valence electrons. The third-order valence-electron chi connectivity index (χ3n) is 6.99. The van der Waals surface area contributed by atoms with E-state index in [-0.39, 0.29) is 12.5 Å². The van der Waals surface area contributed by atoms with Crippen LogP contribution in [0.15, 0.2) is 67.3 Å². The van der Waals surface area contributed by atoms with Crippen molar-refractivity contribution in [1.82, 2.24) is 39.9 Å². The molecule has 0 aliphatic rings. The number of ether oxygens (including phenoxy) is 1. The molecule has 0 unspecified atom stereocenters. The van der Waals surface area contributed by atoms with Gasteiger partial charge in [0.05, 0.1) is 29.8 Å². The molecule has 11 nitrogen and oxygen atoms in total. The van der Waals surface area contributed by atoms with Crippen molar-refractivity contribution in [2.45, 2.75) is 0 Å². The number of anilines is 1. The van der Waals surface area contributed by atoms with E-state index in [2.05, 4.69) is 35.5 Å². The van der Waals surface area contributed by atoms with E-state index >= 15 is 0 Å². The molecule has 1 aromatic carbocycles. The van der Waals surface area contributed by atoms with E-state index in [1.54, 1.807) is 35.8 Å². The first-order valence-electron chi connectivity index (χ1n) is 14.0. The number of carbonyl (C=O) groups excluding carboxylic acids is 1. The highest BCUT2D eigenvalue weighted by Crippen LogP contribution is 2.35. The Morgan fingerprint density at radius 2 is 1.75 bits per heavy atom. The number of aromatic amines is 2. The van der Waals surface area contributed by atoms with Crippen LogP contribution in [0.1, 0.15) is 0 Å². The minimum atomic E-state index is -0.398. The summed E-state index contributed by atoms with van der Waals surface area (Å²) in [6, 6.07) is 12.3. The molecule has 0 bridgehead atoms. The number of aromatic nitrogens is 6. The predicted octanol–water partition coefficient (Wildman–Crippen LogP) is 4.81. The lowest BCUT2D eigenvalue weighted by molar-refractivity contribution is -0.116. The van der Waals surface area contributed by atoms with Crippen LogP contribution in [0.25, 0.3) is 55.7 Å². The summed E-state index contributed by atoms with van der Waals surface area (Å²) in [4.78, 5) is 33.0. The van der Waals surface area contributed by atoms with Crippen LogP contribution in [-0.4, -0.2) is 93.7 Å². The molecule has 6 aromatic rings. The second-order valence-electron chi connectivity index (χ2n) is 11.1. The number of halogens is 1. The van der Waals surface area contributed by atoms with E-state index in [0.29, 0.717) is 47.2 Å². The summed E-state index contributed by atoms with van der Waals surface area (Å²) in [6.45, 7) is 1.42. The Labute approximate surface area is 253 Å². The van der Waals surface area contributed by atoms with Crippen molar-refractivity contribution < 1.29 is 13.9 Å². The van der Waals surface area contributed by atoms with Crippen LogP contribution in [0.4, 0.5) is 10.1 Å². The number of nitrogens with one attached hydrogen (secondary N) is 3. The maximum Gasteiger partial charge on any atom is 0.238 e. The van der Waals surface area contributed by atoms with Gasteiger partial charge in [0.2, 0.25) is 5.91 Å². The van der Waals surface area contributed by atoms with Gasteiger partial charge in [-0.05, 0) is 64.6 Å². The van der Waals surface area contributed by atoms with Crippen molar-refractivity contribution in [2.75, 3.05) is 53.2 Å². The van der Waals surface area contributed by atoms with Crippen LogP contribution in [-0.2, 0) is 4.79 Å². The third-order valence-corrected chi connectivity index (χ3v) is 6.99. The summed E-state index contributed by atoms with van der Waals surface area (Å²) >= 11 is 0. The molecule has 5 aromatic heterocycles. The minimum Gasteiger partial charge on any atom is -0.492 e. The van der Waals surface area contributed by atoms with Crippen molar-refractivity contribution in [3.05, 3.63) is 73.1 Å². The normalized spacial score (nSPS) is 11.6. The molecule has 0 saturated heterocycles. The van der Waals surface area contributed by atoms with Gasteiger partial charge in [-0.25, -0.2) is 9.37 Å². The van der Waals surface area contributed by atoms with Crippen LogP contribution in [0.5, 0.6) is 5.75 Å². The maximum absolute atomic E-state index is 14.6. The molecular formula is C32H32FN9O2. The Kier molecular flexibility index (Phi) is 8.01. The second kappa shape index (κ2) is 12.2. The number of pyridine rings is 3. The van der Waals surface area contributed by atoms with Gasteiger partial charge in [-0.1, -0.05) is 0 Å². The van der Waals surface area contributed by atoms with Gasteiger partial charge < -0.3 is 24.8 Å². The average Bonchev–Trinajstić information content (AvgIpc) is 3.60. The van der Waals surface area contributed by atoms with Gasteiger partial charge in [0.25, 0.3) is 0 Å². The van der Waals surface area contributed by atoms with E-state index < -0.39 is 5.82 Å². The number of hydrogen-bond donors (Lipinski definition) is 3. The number of likely N-dealkylation sites (N-methyl/N-ethyl adjacent to an activating group) is 2. The smallest absolute Gasteiger partial charge is 0.238 e. The van der Waals surface area contributed by atoms with Gasteiger partial charge in [0.15, 0.2) is 5.65 Å². The van der Waals surface area contributed by atoms with Gasteiger partial charge in [-0.15, -0.1) is 0 Å². The Balaban J connectivity index is 1.33. The summed E-state index contributed by atoms with van der Waals surface area (Å²) in [6.07, 6.45) is 6.76. The zero-order valence-corrected chi connectivity index (χ0v) is 24.8. The number of benzene rings is 1. The van der Waals surface area contributed by atoms with Crippen molar-refractivity contribution in [3.63, 3.8) is 0 Å². The second-order valence-corrected chi connectivity index (χ2v) is 11.1. The summed E-state index contributed by atoms with van der Waals surface area (Å²) in [7, 11) is 7.58. The van der Waals surface area contributed by atoms with Crippen molar-refractivity contribution in [3.8, 4) is 39.5 Å². The highest BCUT2D eigenvalue weighted by Gasteiger charge is 2.17. The molecule has 0 aliphatic carbocycles. The predicted molar refractivity (Wildman–Crippen MR) is 169 cm³/mol. The molecule has 0 radical (unpaired) electrons. The Morgan fingerprint density at radius 1 is 0.909 bits per heavy atom. The van der Waals surface area contributed by atoms with Crippen molar-refractivity contribution >= 4 is 33.5 Å². The molecule has 6 rings (SSSR count). The first-order chi connectivity index (χ1) is 21.2. The number of nitrogens with zero attached hydrogens (tertiary/aromatic N) is 6. The topological polar surface area (TPSA) is 128 Å². The molecular weight excluding hydrogens is 561 g/mol. The molecule has 0 saturated carbocycles. The fraction of sp³-hybridized carbons (Fsp3) is 0.219. The fourth-order valence-electron chi connectivity index (χ4n) is 4.96. The lowest BCUT2D eigenvalue weighted by Crippen LogP contribution is -2.27. The summed E-state index contributed by atoms with van der Waals surface area (Å²) in [5.41, 5.74) is 6.32. The first kappa shape index (κ1) is 28.9. The van der Waals surface area contributed by atoms with E-state index in [0.717, 1.165) is 33.1 Å². The zero-order chi connectivity index (χ0) is 30.8. The maximum atomic E-state index is 14.6. The SMILES string of the molecule is CN(C)CCOc1cc(F)cc(-c2nccc3[nH]c(-c4n[nH]c5ncc(-c6cncc(NC(=O)CN(C)C)c6)cc45)cc23)c1. The lowest BCUT2D eigenvalue weighted by Gasteiger charge is -2.12. The van der Waals surface area contributed by atoms with Crippen LogP contribution < -0.4 is 10.1 Å². The van der Waals surface area contributed by atoms with Crippen LogP contribution in [0, 0.1) is 5.82 Å². The zero-order valence-electron chi connectivity index (χ0n) is 24.8. The van der Waals surface area contributed by atoms with Gasteiger partial charge in [0, 0.05) is 64.2 Å². The van der Waals surface area contributed by atoms with Gasteiger partial charge >= 0.3 is 0 Å². The summed E-state index contributed by atoms with van der Waals surface area (Å²) in [5, 5.41) is 12.1. The van der Waals surface area contributed by atoms with Crippen LogP contribution in [0.3, 0.4) is 0 Å². The highest BCUT2D eigenvalue weighted by molar-refractivity contribution is 6.00. The first-order valence-corrected chi connectivity index (χ1v) is 14.0. The largest absolute Gasteiger partial charge is 0.492 e. The third kappa shape index (κ3) is 6.26. The number of amides is 1. The molecule has 3 N–H and O–H groups in total. The van der Waals surface area contributed by atoms with E-state index in [1.807, 2.05) is 57.4 Å². The average molecular weight is 594 g/mol. The molecule has 12 heteroatoms. The standard InChI is InChI=1S/C32H32FN9O2/c1-41(2)7-8-44-24-11-19(9-22(33)13-24)30-25-14-28(38-27(25)5-6-35-30)31-26-12-21(16-36-32(26)40-39-31)20-10-23(17-34-15-20)37-29(43)18-42(3)4/h5-6,9-17,38H,7-8,18H2,1-4H3,(H,37,43)(H,36,39,40). The molecule has 1 amide bonds. The highest BCUT2D eigenvalue weighted by atomic mass is 19.1. The summed E-state index contributed by atoms with van der Waals surface area (Å²) in [5.74, 6) is -0.0765. The number of hydrogen-bond acceptors (Lipinski definition) is 8. The Morgan fingerprint density at radius 3 is 2.57 bits per heavy atom. The molecule has 0 aliphatic heterocycles. The minimum absolute atomic E-state index is 0.126. The molecule has 44 heavy (non-hydrogen) atoms. The lowest BCUT2D eigenvalue weighted by atomic mass is 10.1. The van der Waals surface area contributed by atoms with E-state index in [1.165, 1.54) is 12.1 Å².